The molecule has 0 spiro atoms. The minimum Gasteiger partial charge on any atom is -0.506 e. The molecule has 0 aliphatic carbocycles. The molecule has 0 fully saturated rings. The molecular formula is C17H16N4O. The van der Waals surface area contributed by atoms with E-state index in [-0.39, 0.29) is 5.75 Å². The molecule has 1 aromatic carbocycles. The van der Waals surface area contributed by atoms with Crippen LogP contribution in [0.5, 0.6) is 5.75 Å². The van der Waals surface area contributed by atoms with E-state index in [9.17, 15) is 5.11 Å². The van der Waals surface area contributed by atoms with Crippen molar-refractivity contribution in [3.05, 3.63) is 72.4 Å². The first kappa shape index (κ1) is 14.0. The Kier molecular flexibility index (Phi) is 3.96. The Morgan fingerprint density at radius 1 is 1.00 bits per heavy atom. The zero-order valence-corrected chi connectivity index (χ0v) is 12.2. The summed E-state index contributed by atoms with van der Waals surface area (Å²) < 4.78 is 0. The molecule has 0 unspecified atom stereocenters. The minimum absolute atomic E-state index is 0.203. The van der Waals surface area contributed by atoms with Crippen LogP contribution in [0, 0.1) is 6.92 Å². The number of pyridine rings is 1. The molecule has 0 radical (unpaired) electrons. The minimum atomic E-state index is 0.203. The van der Waals surface area contributed by atoms with E-state index in [4.69, 9.17) is 0 Å². The average molecular weight is 292 g/mol. The number of aryl methyl sites for hydroxylation is 1. The summed E-state index contributed by atoms with van der Waals surface area (Å²) in [4.78, 5) is 14.7. The molecule has 2 aromatic heterocycles. The second-order valence-corrected chi connectivity index (χ2v) is 4.91. The third kappa shape index (κ3) is 3.03. The topological polar surface area (TPSA) is 62.1 Å². The van der Waals surface area contributed by atoms with Gasteiger partial charge < -0.3 is 10.0 Å². The molecule has 0 amide bonds. The van der Waals surface area contributed by atoms with E-state index in [2.05, 4.69) is 15.0 Å². The zero-order valence-electron chi connectivity index (χ0n) is 12.2. The molecule has 22 heavy (non-hydrogen) atoms. The SMILES string of the molecule is Cc1cc(N(Cc2ccccn2)c2ccccc2O)ncn1. The average Bonchev–Trinajstić information content (AvgIpc) is 2.54. The quantitative estimate of drug-likeness (QED) is 0.800. The standard InChI is InChI=1S/C17H16N4O/c1-13-10-17(20-12-19-13)21(11-14-6-4-5-9-18-14)15-7-2-3-8-16(15)22/h2-10,12,22H,11H2,1H3. The van der Waals surface area contributed by atoms with Crippen LogP contribution in [0.3, 0.4) is 0 Å². The molecule has 0 bridgehead atoms. The molecule has 5 nitrogen and oxygen atoms in total. The zero-order chi connectivity index (χ0) is 15.4. The lowest BCUT2D eigenvalue weighted by atomic mass is 10.2. The fourth-order valence-corrected chi connectivity index (χ4v) is 2.22. The van der Waals surface area contributed by atoms with E-state index < -0.39 is 0 Å². The summed E-state index contributed by atoms with van der Waals surface area (Å²) in [6, 6.07) is 14.8. The lowest BCUT2D eigenvalue weighted by Gasteiger charge is -2.24. The van der Waals surface area contributed by atoms with E-state index in [0.717, 1.165) is 17.2 Å². The summed E-state index contributed by atoms with van der Waals surface area (Å²) >= 11 is 0. The Bertz CT molecular complexity index is 761. The van der Waals surface area contributed by atoms with Crippen LogP contribution >= 0.6 is 0 Å². The van der Waals surface area contributed by atoms with Crippen molar-refractivity contribution in [3.8, 4) is 5.75 Å². The first-order valence-corrected chi connectivity index (χ1v) is 6.98. The van der Waals surface area contributed by atoms with Crippen molar-refractivity contribution in [3.63, 3.8) is 0 Å². The maximum absolute atomic E-state index is 10.2. The van der Waals surface area contributed by atoms with E-state index in [1.807, 2.05) is 48.2 Å². The second-order valence-electron chi connectivity index (χ2n) is 4.91. The molecule has 3 aromatic rings. The van der Waals surface area contributed by atoms with E-state index in [1.165, 1.54) is 6.33 Å². The second kappa shape index (κ2) is 6.22. The summed E-state index contributed by atoms with van der Waals surface area (Å²) in [5.74, 6) is 0.925. The maximum atomic E-state index is 10.2. The molecule has 0 atom stereocenters. The number of hydrogen-bond donors (Lipinski definition) is 1. The predicted molar refractivity (Wildman–Crippen MR) is 85.0 cm³/mol. The van der Waals surface area contributed by atoms with Gasteiger partial charge in [0.2, 0.25) is 0 Å². The third-order valence-corrected chi connectivity index (χ3v) is 3.28. The van der Waals surface area contributed by atoms with Gasteiger partial charge in [0, 0.05) is 18.0 Å². The van der Waals surface area contributed by atoms with Gasteiger partial charge in [-0.3, -0.25) is 4.98 Å². The van der Waals surface area contributed by atoms with Crippen LogP contribution in [0.2, 0.25) is 0 Å². The highest BCUT2D eigenvalue weighted by molar-refractivity contribution is 5.66. The Hall–Kier alpha value is -2.95. The number of rotatable bonds is 4. The lowest BCUT2D eigenvalue weighted by Crippen LogP contribution is -2.18. The number of aromatic hydroxyl groups is 1. The van der Waals surface area contributed by atoms with Crippen molar-refractivity contribution in [2.75, 3.05) is 4.90 Å². The highest BCUT2D eigenvalue weighted by Gasteiger charge is 2.15. The van der Waals surface area contributed by atoms with Crippen LogP contribution in [0.1, 0.15) is 11.4 Å². The van der Waals surface area contributed by atoms with Crippen LogP contribution < -0.4 is 4.90 Å². The number of hydrogen-bond acceptors (Lipinski definition) is 5. The number of phenolic OH excluding ortho intramolecular Hbond substituents is 1. The van der Waals surface area contributed by atoms with Crippen molar-refractivity contribution >= 4 is 11.5 Å². The van der Waals surface area contributed by atoms with Gasteiger partial charge >= 0.3 is 0 Å². The Morgan fingerprint density at radius 3 is 2.55 bits per heavy atom. The van der Waals surface area contributed by atoms with Crippen LogP contribution in [0.4, 0.5) is 11.5 Å². The smallest absolute Gasteiger partial charge is 0.139 e. The van der Waals surface area contributed by atoms with E-state index in [0.29, 0.717) is 12.2 Å². The summed E-state index contributed by atoms with van der Waals surface area (Å²) in [7, 11) is 0. The Balaban J connectivity index is 2.04. The predicted octanol–water partition coefficient (Wildman–Crippen LogP) is 3.22. The first-order chi connectivity index (χ1) is 10.7. The highest BCUT2D eigenvalue weighted by Crippen LogP contribution is 2.32. The van der Waals surface area contributed by atoms with Gasteiger partial charge in [-0.15, -0.1) is 0 Å². The van der Waals surface area contributed by atoms with E-state index >= 15 is 0 Å². The summed E-state index contributed by atoms with van der Waals surface area (Å²) in [6.07, 6.45) is 3.28. The lowest BCUT2D eigenvalue weighted by molar-refractivity contribution is 0.475. The van der Waals surface area contributed by atoms with Gasteiger partial charge in [-0.2, -0.15) is 0 Å². The largest absolute Gasteiger partial charge is 0.506 e. The Morgan fingerprint density at radius 2 is 1.82 bits per heavy atom. The van der Waals surface area contributed by atoms with Gasteiger partial charge in [-0.05, 0) is 31.2 Å². The molecular weight excluding hydrogens is 276 g/mol. The van der Waals surface area contributed by atoms with E-state index in [1.54, 1.807) is 18.3 Å². The van der Waals surface area contributed by atoms with Gasteiger partial charge in [0.25, 0.3) is 0 Å². The number of para-hydroxylation sites is 2. The van der Waals surface area contributed by atoms with Crippen molar-refractivity contribution in [2.24, 2.45) is 0 Å². The normalized spacial score (nSPS) is 10.4. The summed E-state index contributed by atoms with van der Waals surface area (Å²) in [5, 5.41) is 10.2. The van der Waals surface area contributed by atoms with Gasteiger partial charge in [0.15, 0.2) is 0 Å². The van der Waals surface area contributed by atoms with Crippen molar-refractivity contribution in [2.45, 2.75) is 13.5 Å². The highest BCUT2D eigenvalue weighted by atomic mass is 16.3. The fraction of sp³-hybridized carbons (Fsp3) is 0.118. The number of phenols is 1. The monoisotopic (exact) mass is 292 g/mol. The van der Waals surface area contributed by atoms with Gasteiger partial charge in [0.1, 0.15) is 17.9 Å². The summed E-state index contributed by atoms with van der Waals surface area (Å²) in [5.41, 5.74) is 2.44. The molecule has 5 heteroatoms. The molecule has 0 aliphatic rings. The molecule has 2 heterocycles. The molecule has 0 saturated carbocycles. The van der Waals surface area contributed by atoms with Crippen molar-refractivity contribution in [1.29, 1.82) is 0 Å². The number of nitrogens with zero attached hydrogens (tertiary/aromatic N) is 4. The summed E-state index contributed by atoms with van der Waals surface area (Å²) in [6.45, 7) is 2.42. The van der Waals surface area contributed by atoms with Crippen LogP contribution in [0.25, 0.3) is 0 Å². The van der Waals surface area contributed by atoms with Gasteiger partial charge in [-0.25, -0.2) is 9.97 Å². The molecule has 3 rings (SSSR count). The van der Waals surface area contributed by atoms with Crippen LogP contribution in [-0.2, 0) is 6.54 Å². The van der Waals surface area contributed by atoms with Crippen LogP contribution in [0.15, 0.2) is 61.1 Å². The van der Waals surface area contributed by atoms with Gasteiger partial charge in [0.05, 0.1) is 17.9 Å². The molecule has 0 saturated heterocycles. The molecule has 110 valence electrons. The van der Waals surface area contributed by atoms with Crippen LogP contribution in [-0.4, -0.2) is 20.1 Å². The first-order valence-electron chi connectivity index (χ1n) is 6.98. The third-order valence-electron chi connectivity index (χ3n) is 3.28. The fourth-order valence-electron chi connectivity index (χ4n) is 2.22. The van der Waals surface area contributed by atoms with Crippen molar-refractivity contribution in [1.82, 2.24) is 15.0 Å². The molecule has 1 N–H and O–H groups in total. The number of anilines is 2. The Labute approximate surface area is 128 Å². The van der Waals surface area contributed by atoms with Gasteiger partial charge in [-0.1, -0.05) is 18.2 Å². The van der Waals surface area contributed by atoms with Crippen molar-refractivity contribution < 1.29 is 5.11 Å². The number of benzene rings is 1. The molecule has 0 aliphatic heterocycles. The maximum Gasteiger partial charge on any atom is 0.139 e. The number of aromatic nitrogens is 3.